The molecule has 0 bridgehead atoms. The van der Waals surface area contributed by atoms with Crippen molar-refractivity contribution in [3.05, 3.63) is 270 Å². The number of methoxy groups -OCH3 is 1. The summed E-state index contributed by atoms with van der Waals surface area (Å²) in [6, 6.07) is 37.2. The molecule has 0 unspecified atom stereocenters. The molecule has 16 aromatic rings. The van der Waals surface area contributed by atoms with Gasteiger partial charge in [0.25, 0.3) is 17.4 Å². The number of H-pyrrole nitrogens is 1. The number of aromatic nitrogens is 13. The smallest absolute Gasteiger partial charge is 0.418 e. The predicted octanol–water partition coefficient (Wildman–Crippen LogP) is 13.3. The van der Waals surface area contributed by atoms with Crippen LogP contribution in [0, 0.1) is 18.6 Å². The number of para-hydroxylation sites is 1. The molecule has 0 radical (unpaired) electrons. The van der Waals surface area contributed by atoms with Crippen LogP contribution in [0.1, 0.15) is 70.5 Å². The Bertz CT molecular complexity index is 7680. The molecule has 6 aromatic carbocycles. The van der Waals surface area contributed by atoms with Gasteiger partial charge in [-0.15, -0.1) is 11.3 Å². The van der Waals surface area contributed by atoms with Crippen LogP contribution in [0.3, 0.4) is 0 Å². The summed E-state index contributed by atoms with van der Waals surface area (Å²) < 4.78 is 98.1. The van der Waals surface area contributed by atoms with Crippen LogP contribution in [0.25, 0.3) is 98.9 Å². The number of nitrogens with two attached hydrogens (primary N) is 1. The third-order valence-electron chi connectivity index (χ3n) is 24.6. The zero-order chi connectivity index (χ0) is 103. The van der Waals surface area contributed by atoms with Crippen LogP contribution in [0.15, 0.2) is 208 Å². The number of aryl methyl sites for hydroxylation is 2. The molecule has 3 atom stereocenters. The first-order chi connectivity index (χ1) is 69.6. The first-order valence-electron chi connectivity index (χ1n) is 46.1. The standard InChI is InChI=1S/C28H25F3N6O2.C24H25F2N3O4.C23H30N8O3S.C22H17ClN6O.C4H4O4/c1-35-24-16-33-22-6-3-17(18-4-8-25(39-2)34-15-18)13-20(22)26(24)37(27(35)38)19-5-7-23(21(14-19)28(29,30)31)36-11-9-32-10-12-36;1-14(27-18-11-16(25)10-17(26)12-18)19-8-15(24(31)28(2)3)9-20-21(30)13-22(33-23(19)20)29-4-6-32-7-5-29;1-14-17(13-29-3-5-31(6-4-29)22(33)15(2)32)35-19-18(14)27-20(16-11-25-23(24)26-12-16)28-21(19)30-7-9-34-10-8-30;1-13(28-21-19-20(25-11-24-19)26-12-27-21)17-10-14-6-5-9-16(23)18(14)22(30)29(17)15-7-3-2-4-8-15;5-3(6)1-2-4(7)8/h3-8,13-16,32H,9-12H2,1-2H3;8-14,27H,4-7H2,1-3H3;11-12,15,32H,3-10,13H2,1-2H3,(H2,24,25,26);2-13H,1H3,(H2,24,25,26,27,28);1-2H,(H,5,6)(H,7,8)/b;;;;2-1-/t;14-;15-;13-;/m.100./s1. The summed E-state index contributed by atoms with van der Waals surface area (Å²) in [4.78, 5) is 139. The van der Waals surface area contributed by atoms with Crippen molar-refractivity contribution in [3.8, 4) is 39.8 Å². The molecule has 0 aliphatic carbocycles. The Hall–Kier alpha value is -15.8. The summed E-state index contributed by atoms with van der Waals surface area (Å²) >= 11 is 8.11. The number of carbonyl (C=O) groups is 4. The highest BCUT2D eigenvalue weighted by Gasteiger charge is 2.37. The lowest BCUT2D eigenvalue weighted by molar-refractivity contribution is -0.141. The number of alkyl halides is 3. The van der Waals surface area contributed by atoms with Crippen LogP contribution in [-0.2, 0) is 43.6 Å². The molecular formula is C101H101ClF5N23O14S. The maximum atomic E-state index is 14.3. The van der Waals surface area contributed by atoms with E-state index < -0.39 is 53.1 Å². The zero-order valence-corrected chi connectivity index (χ0v) is 81.4. The van der Waals surface area contributed by atoms with Gasteiger partial charge in [0, 0.05) is 205 Å². The number of benzene rings is 6. The van der Waals surface area contributed by atoms with Crippen LogP contribution in [-0.4, -0.2) is 250 Å². The van der Waals surface area contributed by atoms with E-state index in [0.29, 0.717) is 175 Å². The van der Waals surface area contributed by atoms with Gasteiger partial charge in [-0.2, -0.15) is 13.2 Å². The van der Waals surface area contributed by atoms with E-state index in [-0.39, 0.29) is 57.2 Å². The molecule has 37 nitrogen and oxygen atoms in total. The van der Waals surface area contributed by atoms with Crippen LogP contribution < -0.4 is 57.8 Å². The van der Waals surface area contributed by atoms with Crippen molar-refractivity contribution < 1.29 is 75.1 Å². The number of imidazole rings is 2. The van der Waals surface area contributed by atoms with Crippen molar-refractivity contribution in [2.75, 3.05) is 157 Å². The van der Waals surface area contributed by atoms with E-state index in [1.165, 1.54) is 69.6 Å². The number of aliphatic carboxylic acids is 2. The number of rotatable bonds is 20. The first kappa shape index (κ1) is 102. The number of carboxylic acid groups (broad SMARTS) is 2. The molecule has 20 rings (SSSR count). The monoisotopic (exact) mass is 2020 g/mol. The number of amides is 2. The molecule has 4 fully saturated rings. The number of thiophene rings is 1. The van der Waals surface area contributed by atoms with Gasteiger partial charge in [-0.1, -0.05) is 48.0 Å². The van der Waals surface area contributed by atoms with Crippen molar-refractivity contribution >= 4 is 147 Å². The number of nitrogen functional groups attached to an aromatic ring is 1. The molecule has 0 spiro atoms. The number of aromatic amines is 1. The fourth-order valence-corrected chi connectivity index (χ4v) is 18.8. The summed E-state index contributed by atoms with van der Waals surface area (Å²) in [6.45, 7) is 18.2. The molecule has 145 heavy (non-hydrogen) atoms. The lowest BCUT2D eigenvalue weighted by Crippen LogP contribution is -2.50. The third kappa shape index (κ3) is 23.3. The van der Waals surface area contributed by atoms with Gasteiger partial charge in [-0.3, -0.25) is 42.8 Å². The summed E-state index contributed by atoms with van der Waals surface area (Å²) in [7, 11) is 6.36. The van der Waals surface area contributed by atoms with Gasteiger partial charge < -0.3 is 85.1 Å². The maximum Gasteiger partial charge on any atom is 0.418 e. The summed E-state index contributed by atoms with van der Waals surface area (Å²) in [5, 5.41) is 37.4. The second kappa shape index (κ2) is 44.8. The topological polar surface area (TPSA) is 449 Å². The van der Waals surface area contributed by atoms with Gasteiger partial charge in [0.1, 0.15) is 35.2 Å². The number of morpholine rings is 2. The highest BCUT2D eigenvalue weighted by molar-refractivity contribution is 7.19. The number of piperazine rings is 2. The van der Waals surface area contributed by atoms with E-state index in [0.717, 1.165) is 99.9 Å². The van der Waals surface area contributed by atoms with Crippen LogP contribution in [0.2, 0.25) is 5.02 Å². The highest BCUT2D eigenvalue weighted by Crippen LogP contribution is 2.43. The van der Waals surface area contributed by atoms with E-state index in [1.54, 1.807) is 109 Å². The van der Waals surface area contributed by atoms with E-state index in [2.05, 4.69) is 72.5 Å². The zero-order valence-electron chi connectivity index (χ0n) is 79.8. The number of aliphatic hydroxyl groups excluding tert-OH is 1. The molecule has 4 aliphatic heterocycles. The number of anilines is 6. The second-order valence-electron chi connectivity index (χ2n) is 34.5. The Kier molecular flexibility index (Phi) is 31.5. The molecule has 752 valence electrons. The lowest BCUT2D eigenvalue weighted by Gasteiger charge is -2.35. The molecular weight excluding hydrogens is 1920 g/mol. The number of ether oxygens (including phenoxy) is 3. The van der Waals surface area contributed by atoms with Gasteiger partial charge in [0.2, 0.25) is 11.8 Å². The number of nitrogens with zero attached hydrogens (tertiary/aromatic N) is 18. The lowest BCUT2D eigenvalue weighted by atomic mass is 10.00. The number of hydrogen-bond donors (Lipinski definition) is 8. The maximum absolute atomic E-state index is 14.3. The molecule has 14 heterocycles. The average Bonchev–Trinajstić information content (AvgIpc) is 1.59. The Labute approximate surface area is 833 Å². The van der Waals surface area contributed by atoms with Crippen molar-refractivity contribution in [1.29, 1.82) is 0 Å². The minimum atomic E-state index is -4.59. The summed E-state index contributed by atoms with van der Waals surface area (Å²) in [6.07, 6.45) is 5.17. The Morgan fingerprint density at radius 2 is 1.37 bits per heavy atom. The van der Waals surface area contributed by atoms with Crippen molar-refractivity contribution in [3.63, 3.8) is 0 Å². The van der Waals surface area contributed by atoms with Gasteiger partial charge in [0.05, 0.1) is 118 Å². The number of carbonyl (C=O) groups excluding carboxylic acids is 2. The normalized spacial score (nSPS) is 14.7. The summed E-state index contributed by atoms with van der Waals surface area (Å²) in [5.41, 5.74) is 14.5. The molecule has 4 saturated heterocycles. The van der Waals surface area contributed by atoms with E-state index >= 15 is 0 Å². The van der Waals surface area contributed by atoms with Crippen LogP contribution in [0.5, 0.6) is 5.88 Å². The van der Waals surface area contributed by atoms with Gasteiger partial charge >= 0.3 is 23.8 Å². The number of fused-ring (bicyclic) bond motifs is 7. The fourth-order valence-electron chi connectivity index (χ4n) is 17.3. The number of hydrogen-bond acceptors (Lipinski definition) is 30. The minimum Gasteiger partial charge on any atom is -0.481 e. The van der Waals surface area contributed by atoms with Crippen molar-refractivity contribution in [2.45, 2.75) is 58.6 Å². The average molecular weight is 2020 g/mol. The van der Waals surface area contributed by atoms with Crippen molar-refractivity contribution in [2.24, 2.45) is 7.05 Å². The van der Waals surface area contributed by atoms with Gasteiger partial charge in [0.15, 0.2) is 34.4 Å². The molecule has 9 N–H and O–H groups in total. The molecule has 10 aromatic heterocycles. The largest absolute Gasteiger partial charge is 0.481 e. The van der Waals surface area contributed by atoms with Crippen molar-refractivity contribution in [1.82, 2.24) is 83.6 Å². The van der Waals surface area contributed by atoms with Gasteiger partial charge in [-0.05, 0) is 129 Å². The Morgan fingerprint density at radius 3 is 2.02 bits per heavy atom. The predicted molar refractivity (Wildman–Crippen MR) is 542 cm³/mol. The minimum absolute atomic E-state index is 0.113. The molecule has 0 saturated carbocycles. The van der Waals surface area contributed by atoms with Gasteiger partial charge in [-0.25, -0.2) is 63.0 Å². The number of pyridine rings is 3. The van der Waals surface area contributed by atoms with E-state index in [1.807, 2.05) is 84.6 Å². The number of halogens is 6. The number of nitrogens with one attached hydrogen (secondary N) is 4. The van der Waals surface area contributed by atoms with E-state index in [4.69, 9.17) is 56.1 Å². The SMILES string of the molecule is COc1ccc(-c2ccc3ncc4c(c3c2)n(-c2ccc(N3CCNCC3)c(C(F)(F)F)c2)c(=O)n4C)cn1.C[C@@H](Nc1cc(F)cc(F)c1)c1cc(C(=O)N(C)C)cc2c(=O)cc(N3CCOCC3)oc12.C[C@H](Nc1ncnc2nc[nH]c12)c1cc2cccc(Cl)c2c(=O)n1-c1ccccc1.Cc1c(CN2CCN(C(=O)[C@H](C)O)CC2)sc2c(N3CCOCC3)nc(-c3cnc(N)nc3)nc12.O=C(O)/C=C\C(=O)O. The number of aliphatic hydroxyl groups is 1. The Morgan fingerprint density at radius 1 is 0.683 bits per heavy atom. The molecule has 4 aliphatic rings. The fraction of sp³-hybridized carbons (Fsp3) is 0.287. The van der Waals surface area contributed by atoms with Crippen LogP contribution in [0.4, 0.5) is 56.8 Å². The number of carboxylic acids is 2. The second-order valence-corrected chi connectivity index (χ2v) is 36.0. The molecule has 44 heteroatoms. The Balaban J connectivity index is 0.000000135. The summed E-state index contributed by atoms with van der Waals surface area (Å²) in [5.74, 6) is -1.22. The molecule has 2 amide bonds. The quantitative estimate of drug-likeness (QED) is 0.0259. The first-order valence-corrected chi connectivity index (χ1v) is 47.3. The van der Waals surface area contributed by atoms with Crippen LogP contribution >= 0.6 is 22.9 Å². The van der Waals surface area contributed by atoms with E-state index in [9.17, 15) is 60.6 Å². The highest BCUT2D eigenvalue weighted by atomic mass is 35.5. The third-order valence-corrected chi connectivity index (χ3v) is 26.2.